The molecule has 1 N–H and O–H groups in total. The zero-order valence-corrected chi connectivity index (χ0v) is 11.3. The number of para-hydroxylation sites is 1. The second kappa shape index (κ2) is 5.61. The summed E-state index contributed by atoms with van der Waals surface area (Å²) in [7, 11) is 0. The van der Waals surface area contributed by atoms with Crippen LogP contribution in [0.5, 0.6) is 0 Å². The fraction of sp³-hybridized carbons (Fsp3) is 0.533. The Morgan fingerprint density at radius 1 is 1.05 bits per heavy atom. The first kappa shape index (κ1) is 12.5. The molecule has 0 aromatic heterocycles. The number of piperidine rings is 1. The van der Waals surface area contributed by atoms with Crippen LogP contribution in [0, 0.1) is 0 Å². The van der Waals surface area contributed by atoms with E-state index in [9.17, 15) is 4.79 Å². The Hall–Kier alpha value is -1.55. The maximum Gasteiger partial charge on any atom is 0.257 e. The summed E-state index contributed by atoms with van der Waals surface area (Å²) in [4.78, 5) is 16.7. The van der Waals surface area contributed by atoms with Crippen LogP contribution in [0.15, 0.2) is 24.3 Å². The zero-order valence-electron chi connectivity index (χ0n) is 11.3. The van der Waals surface area contributed by atoms with Crippen LogP contribution in [-0.4, -0.2) is 48.6 Å². The van der Waals surface area contributed by atoms with Crippen molar-refractivity contribution in [3.05, 3.63) is 29.8 Å². The number of anilines is 1. The highest BCUT2D eigenvalue weighted by atomic mass is 16.2. The number of carbonyl (C=O) groups excluding carboxylic acids is 1. The lowest BCUT2D eigenvalue weighted by Crippen LogP contribution is -2.45. The maximum atomic E-state index is 12.4. The highest BCUT2D eigenvalue weighted by Crippen LogP contribution is 2.21. The molecule has 0 radical (unpaired) electrons. The van der Waals surface area contributed by atoms with E-state index in [0.29, 0.717) is 6.67 Å². The van der Waals surface area contributed by atoms with E-state index >= 15 is 0 Å². The number of amides is 1. The minimum Gasteiger partial charge on any atom is -0.367 e. The quantitative estimate of drug-likeness (QED) is 0.902. The van der Waals surface area contributed by atoms with Gasteiger partial charge in [-0.1, -0.05) is 18.6 Å². The summed E-state index contributed by atoms with van der Waals surface area (Å²) in [6.07, 6.45) is 3.96. The van der Waals surface area contributed by atoms with E-state index in [0.717, 1.165) is 24.3 Å². The Labute approximate surface area is 114 Å². The number of nitrogens with zero attached hydrogens (tertiary/aromatic N) is 2. The van der Waals surface area contributed by atoms with Crippen molar-refractivity contribution in [2.45, 2.75) is 19.3 Å². The predicted octanol–water partition coefficient (Wildman–Crippen LogP) is 2.00. The third-order valence-corrected chi connectivity index (χ3v) is 4.04. The standard InChI is InChI=1S/C15H21N3O/c19-15-13-6-2-3-7-14(13)16-12-18(15)11-10-17-8-4-1-5-9-17/h2-3,6-7,16H,1,4-5,8-12H2. The van der Waals surface area contributed by atoms with Crippen molar-refractivity contribution >= 4 is 11.6 Å². The van der Waals surface area contributed by atoms with E-state index in [1.54, 1.807) is 0 Å². The maximum absolute atomic E-state index is 12.4. The number of rotatable bonds is 3. The third-order valence-electron chi connectivity index (χ3n) is 4.04. The van der Waals surface area contributed by atoms with Gasteiger partial charge in [0.15, 0.2) is 0 Å². The van der Waals surface area contributed by atoms with Gasteiger partial charge >= 0.3 is 0 Å². The van der Waals surface area contributed by atoms with Gasteiger partial charge in [0, 0.05) is 18.8 Å². The normalized spacial score (nSPS) is 20.0. The van der Waals surface area contributed by atoms with E-state index in [1.807, 2.05) is 29.2 Å². The number of hydrogen-bond donors (Lipinski definition) is 1. The molecule has 2 heterocycles. The van der Waals surface area contributed by atoms with Gasteiger partial charge in [-0.3, -0.25) is 4.79 Å². The molecule has 1 amide bonds. The van der Waals surface area contributed by atoms with Crippen LogP contribution < -0.4 is 5.32 Å². The van der Waals surface area contributed by atoms with Crippen LogP contribution in [0.3, 0.4) is 0 Å². The molecular formula is C15H21N3O. The van der Waals surface area contributed by atoms with E-state index in [-0.39, 0.29) is 5.91 Å². The highest BCUT2D eigenvalue weighted by Gasteiger charge is 2.23. The number of fused-ring (bicyclic) bond motifs is 1. The number of hydrogen-bond acceptors (Lipinski definition) is 3. The first-order chi connectivity index (χ1) is 9.34. The Morgan fingerprint density at radius 2 is 1.84 bits per heavy atom. The van der Waals surface area contributed by atoms with Gasteiger partial charge in [0.1, 0.15) is 0 Å². The molecule has 0 atom stereocenters. The molecule has 2 aliphatic heterocycles. The summed E-state index contributed by atoms with van der Waals surface area (Å²) < 4.78 is 0. The van der Waals surface area contributed by atoms with Crippen molar-refractivity contribution in [1.29, 1.82) is 0 Å². The van der Waals surface area contributed by atoms with Gasteiger partial charge < -0.3 is 15.1 Å². The molecule has 1 aromatic rings. The van der Waals surface area contributed by atoms with Crippen LogP contribution >= 0.6 is 0 Å². The molecule has 1 fully saturated rings. The molecule has 1 saturated heterocycles. The van der Waals surface area contributed by atoms with E-state index in [2.05, 4.69) is 10.2 Å². The summed E-state index contributed by atoms with van der Waals surface area (Å²) in [5, 5.41) is 3.32. The molecule has 0 saturated carbocycles. The van der Waals surface area contributed by atoms with Crippen LogP contribution in [-0.2, 0) is 0 Å². The van der Waals surface area contributed by atoms with Crippen LogP contribution in [0.1, 0.15) is 29.6 Å². The van der Waals surface area contributed by atoms with E-state index < -0.39 is 0 Å². The van der Waals surface area contributed by atoms with Crippen molar-refractivity contribution in [3.8, 4) is 0 Å². The first-order valence-corrected chi connectivity index (χ1v) is 7.19. The molecule has 0 spiro atoms. The Bertz CT molecular complexity index is 454. The largest absolute Gasteiger partial charge is 0.367 e. The predicted molar refractivity (Wildman–Crippen MR) is 76.3 cm³/mol. The fourth-order valence-corrected chi connectivity index (χ4v) is 2.87. The van der Waals surface area contributed by atoms with Crippen LogP contribution in [0.4, 0.5) is 5.69 Å². The average Bonchev–Trinajstić information content (AvgIpc) is 2.48. The SMILES string of the molecule is O=C1c2ccccc2NCN1CCN1CCCCC1. The summed E-state index contributed by atoms with van der Waals surface area (Å²) in [5.41, 5.74) is 1.76. The minimum absolute atomic E-state index is 0.159. The topological polar surface area (TPSA) is 35.6 Å². The van der Waals surface area contributed by atoms with E-state index in [1.165, 1.54) is 32.4 Å². The Balaban J connectivity index is 1.59. The molecule has 1 aromatic carbocycles. The Kier molecular flexibility index (Phi) is 3.69. The number of carbonyl (C=O) groups is 1. The molecular weight excluding hydrogens is 238 g/mol. The summed E-state index contributed by atoms with van der Waals surface area (Å²) in [6, 6.07) is 7.75. The third kappa shape index (κ3) is 2.73. The van der Waals surface area contributed by atoms with Gasteiger partial charge in [0.05, 0.1) is 12.2 Å². The summed E-state index contributed by atoms with van der Waals surface area (Å²) in [5.74, 6) is 0.159. The smallest absolute Gasteiger partial charge is 0.257 e. The van der Waals surface area contributed by atoms with Crippen molar-refractivity contribution in [2.75, 3.05) is 38.2 Å². The fourth-order valence-electron chi connectivity index (χ4n) is 2.87. The molecule has 0 unspecified atom stereocenters. The lowest BCUT2D eigenvalue weighted by molar-refractivity contribution is 0.0733. The second-order valence-electron chi connectivity index (χ2n) is 5.35. The molecule has 2 aliphatic rings. The van der Waals surface area contributed by atoms with Crippen LogP contribution in [0.25, 0.3) is 0 Å². The molecule has 4 heteroatoms. The van der Waals surface area contributed by atoms with Gasteiger partial charge in [0.25, 0.3) is 5.91 Å². The molecule has 4 nitrogen and oxygen atoms in total. The second-order valence-corrected chi connectivity index (χ2v) is 5.35. The lowest BCUT2D eigenvalue weighted by atomic mass is 10.1. The monoisotopic (exact) mass is 259 g/mol. The highest BCUT2D eigenvalue weighted by molar-refractivity contribution is 6.01. The average molecular weight is 259 g/mol. The van der Waals surface area contributed by atoms with Gasteiger partial charge in [-0.15, -0.1) is 0 Å². The molecule has 102 valence electrons. The van der Waals surface area contributed by atoms with Gasteiger partial charge in [0.2, 0.25) is 0 Å². The molecule has 3 rings (SSSR count). The zero-order chi connectivity index (χ0) is 13.1. The summed E-state index contributed by atoms with van der Waals surface area (Å²) >= 11 is 0. The number of benzene rings is 1. The molecule has 0 aliphatic carbocycles. The first-order valence-electron chi connectivity index (χ1n) is 7.19. The van der Waals surface area contributed by atoms with Crippen molar-refractivity contribution < 1.29 is 4.79 Å². The minimum atomic E-state index is 0.159. The number of nitrogens with one attached hydrogen (secondary N) is 1. The van der Waals surface area contributed by atoms with Gasteiger partial charge in [-0.25, -0.2) is 0 Å². The van der Waals surface area contributed by atoms with Crippen molar-refractivity contribution in [3.63, 3.8) is 0 Å². The molecule has 0 bridgehead atoms. The van der Waals surface area contributed by atoms with Gasteiger partial charge in [-0.05, 0) is 38.1 Å². The van der Waals surface area contributed by atoms with Crippen molar-refractivity contribution in [1.82, 2.24) is 9.80 Å². The van der Waals surface area contributed by atoms with Gasteiger partial charge in [-0.2, -0.15) is 0 Å². The van der Waals surface area contributed by atoms with E-state index in [4.69, 9.17) is 0 Å². The lowest BCUT2D eigenvalue weighted by Gasteiger charge is -2.33. The Morgan fingerprint density at radius 3 is 2.68 bits per heavy atom. The van der Waals surface area contributed by atoms with Crippen LogP contribution in [0.2, 0.25) is 0 Å². The number of likely N-dealkylation sites (tertiary alicyclic amines) is 1. The van der Waals surface area contributed by atoms with Crippen molar-refractivity contribution in [2.24, 2.45) is 0 Å². The molecule has 19 heavy (non-hydrogen) atoms. The summed E-state index contributed by atoms with van der Waals surface area (Å²) in [6.45, 7) is 4.82.